The minimum Gasteiger partial charge on any atom is -0.454 e. The summed E-state index contributed by atoms with van der Waals surface area (Å²) in [5.41, 5.74) is 11.7. The Hall–Kier alpha value is -3.72. The molecular weight excluding hydrogens is 390 g/mol. The largest absolute Gasteiger partial charge is 0.454 e. The van der Waals surface area contributed by atoms with E-state index in [1.54, 1.807) is 12.1 Å². The molecule has 2 N–H and O–H groups in total. The van der Waals surface area contributed by atoms with Crippen molar-refractivity contribution in [1.82, 2.24) is 4.57 Å². The van der Waals surface area contributed by atoms with Gasteiger partial charge in [-0.2, -0.15) is 5.26 Å². The van der Waals surface area contributed by atoms with Gasteiger partial charge < -0.3 is 19.8 Å². The van der Waals surface area contributed by atoms with Gasteiger partial charge in [-0.3, -0.25) is 4.79 Å². The van der Waals surface area contributed by atoms with Gasteiger partial charge in [0.05, 0.1) is 17.2 Å². The molecule has 0 fully saturated rings. The van der Waals surface area contributed by atoms with Gasteiger partial charge in [0.1, 0.15) is 0 Å². The van der Waals surface area contributed by atoms with E-state index in [1.807, 2.05) is 37.3 Å². The maximum absolute atomic E-state index is 12.5. The van der Waals surface area contributed by atoms with E-state index >= 15 is 0 Å². The molecular formula is C25H25N3O3. The highest BCUT2D eigenvalue weighted by atomic mass is 16.7. The first kappa shape index (κ1) is 20.5. The summed E-state index contributed by atoms with van der Waals surface area (Å²) in [6.45, 7) is 4.92. The zero-order chi connectivity index (χ0) is 22.0. The maximum Gasteiger partial charge on any atom is 0.251 e. The number of hydrogen-bond donors (Lipinski definition) is 1. The van der Waals surface area contributed by atoms with E-state index in [0.29, 0.717) is 17.7 Å². The van der Waals surface area contributed by atoms with Crippen molar-refractivity contribution in [2.75, 3.05) is 6.79 Å². The zero-order valence-corrected chi connectivity index (χ0v) is 17.8. The molecule has 0 unspecified atom stereocenters. The minimum absolute atomic E-state index is 0.234. The topological polar surface area (TPSA) is 90.3 Å². The summed E-state index contributed by atoms with van der Waals surface area (Å²) >= 11 is 0. The maximum atomic E-state index is 12.5. The van der Waals surface area contributed by atoms with Crippen molar-refractivity contribution in [3.63, 3.8) is 0 Å². The molecule has 158 valence electrons. The lowest BCUT2D eigenvalue weighted by Gasteiger charge is -2.14. The van der Waals surface area contributed by atoms with Crippen LogP contribution in [0.1, 0.15) is 52.6 Å². The number of nitriles is 1. The highest BCUT2D eigenvalue weighted by Gasteiger charge is 2.25. The predicted molar refractivity (Wildman–Crippen MR) is 118 cm³/mol. The number of ether oxygens (including phenoxy) is 2. The Morgan fingerprint density at radius 1 is 1.16 bits per heavy atom. The van der Waals surface area contributed by atoms with Gasteiger partial charge in [-0.25, -0.2) is 0 Å². The Kier molecular flexibility index (Phi) is 5.68. The van der Waals surface area contributed by atoms with Crippen LogP contribution >= 0.6 is 0 Å². The van der Waals surface area contributed by atoms with Crippen LogP contribution in [0, 0.1) is 18.3 Å². The number of benzene rings is 2. The molecule has 3 aromatic rings. The van der Waals surface area contributed by atoms with E-state index in [4.69, 9.17) is 20.5 Å². The van der Waals surface area contributed by atoms with Crippen LogP contribution in [-0.4, -0.2) is 17.3 Å². The van der Waals surface area contributed by atoms with E-state index in [1.165, 1.54) is 0 Å². The Labute approximate surface area is 181 Å². The van der Waals surface area contributed by atoms with E-state index in [0.717, 1.165) is 58.8 Å². The van der Waals surface area contributed by atoms with Gasteiger partial charge in [-0.05, 0) is 55.2 Å². The molecule has 1 aliphatic rings. The Bertz CT molecular complexity index is 1170. The third-order valence-electron chi connectivity index (χ3n) is 5.72. The van der Waals surface area contributed by atoms with Gasteiger partial charge in [-0.1, -0.05) is 31.5 Å². The molecule has 1 amide bonds. The van der Waals surface area contributed by atoms with E-state index < -0.39 is 5.91 Å². The highest BCUT2D eigenvalue weighted by molar-refractivity contribution is 6.02. The smallest absolute Gasteiger partial charge is 0.251 e. The van der Waals surface area contributed by atoms with Crippen LogP contribution in [0.3, 0.4) is 0 Å². The number of aromatic nitrogens is 1. The quantitative estimate of drug-likeness (QED) is 0.613. The second-order valence-electron chi connectivity index (χ2n) is 7.71. The van der Waals surface area contributed by atoms with Gasteiger partial charge in [0, 0.05) is 23.5 Å². The Balaban J connectivity index is 1.85. The van der Waals surface area contributed by atoms with Crippen LogP contribution in [0.15, 0.2) is 42.5 Å². The number of rotatable bonds is 7. The molecule has 0 saturated heterocycles. The molecule has 0 radical (unpaired) electrons. The average Bonchev–Trinajstić information content (AvgIpc) is 3.35. The van der Waals surface area contributed by atoms with Gasteiger partial charge in [0.25, 0.3) is 5.91 Å². The summed E-state index contributed by atoms with van der Waals surface area (Å²) in [7, 11) is 0. The molecule has 1 aromatic heterocycles. The summed E-state index contributed by atoms with van der Waals surface area (Å²) in [5, 5.41) is 9.14. The van der Waals surface area contributed by atoms with Gasteiger partial charge >= 0.3 is 0 Å². The number of nitrogens with two attached hydrogens (primary N) is 1. The van der Waals surface area contributed by atoms with Crippen molar-refractivity contribution in [1.29, 1.82) is 5.26 Å². The van der Waals surface area contributed by atoms with Crippen LogP contribution < -0.4 is 15.2 Å². The highest BCUT2D eigenvalue weighted by Crippen LogP contribution is 2.36. The summed E-state index contributed by atoms with van der Waals surface area (Å²) in [6, 6.07) is 15.4. The fourth-order valence-corrected chi connectivity index (χ4v) is 4.16. The number of hydrogen-bond acceptors (Lipinski definition) is 4. The fourth-order valence-electron chi connectivity index (χ4n) is 4.16. The lowest BCUT2D eigenvalue weighted by molar-refractivity contribution is 0.1000. The lowest BCUT2D eigenvalue weighted by Crippen LogP contribution is -2.13. The second-order valence-corrected chi connectivity index (χ2v) is 7.71. The molecule has 0 bridgehead atoms. The Morgan fingerprint density at radius 2 is 1.90 bits per heavy atom. The van der Waals surface area contributed by atoms with E-state index in [-0.39, 0.29) is 6.79 Å². The summed E-state index contributed by atoms with van der Waals surface area (Å²) in [5.74, 6) is 1.04. The van der Waals surface area contributed by atoms with Crippen LogP contribution in [0.25, 0.3) is 11.1 Å². The summed E-state index contributed by atoms with van der Waals surface area (Å²) < 4.78 is 13.1. The molecule has 0 spiro atoms. The number of carbonyl (C=O) groups excluding carboxylic acids is 1. The number of fused-ring (bicyclic) bond motifs is 1. The van der Waals surface area contributed by atoms with Crippen molar-refractivity contribution in [3.8, 4) is 28.7 Å². The average molecular weight is 415 g/mol. The molecule has 0 aliphatic carbocycles. The Morgan fingerprint density at radius 3 is 2.58 bits per heavy atom. The summed E-state index contributed by atoms with van der Waals surface area (Å²) in [6.07, 6.45) is 2.85. The second kappa shape index (κ2) is 8.57. The SMILES string of the molecule is CCCCc1c(-c2ccc(C#N)cc2)c(C(N)=O)c(C)n1Cc1ccc2c(c1)OCO2. The monoisotopic (exact) mass is 415 g/mol. The van der Waals surface area contributed by atoms with Gasteiger partial charge in [0.2, 0.25) is 6.79 Å². The van der Waals surface area contributed by atoms with Crippen molar-refractivity contribution in [3.05, 3.63) is 70.5 Å². The number of carbonyl (C=O) groups is 1. The molecule has 6 nitrogen and oxygen atoms in total. The van der Waals surface area contributed by atoms with Crippen molar-refractivity contribution in [2.45, 2.75) is 39.7 Å². The third-order valence-corrected chi connectivity index (χ3v) is 5.72. The zero-order valence-electron chi connectivity index (χ0n) is 17.8. The number of nitrogens with zero attached hydrogens (tertiary/aromatic N) is 2. The van der Waals surface area contributed by atoms with Gasteiger partial charge in [-0.15, -0.1) is 0 Å². The number of primary amides is 1. The number of amides is 1. The van der Waals surface area contributed by atoms with Crippen molar-refractivity contribution < 1.29 is 14.3 Å². The molecule has 0 saturated carbocycles. The van der Waals surface area contributed by atoms with Crippen molar-refractivity contribution >= 4 is 5.91 Å². The minimum atomic E-state index is -0.445. The first-order valence-corrected chi connectivity index (χ1v) is 10.4. The van der Waals surface area contributed by atoms with Crippen LogP contribution in [-0.2, 0) is 13.0 Å². The molecule has 2 heterocycles. The lowest BCUT2D eigenvalue weighted by atomic mass is 9.97. The molecule has 1 aliphatic heterocycles. The molecule has 31 heavy (non-hydrogen) atoms. The van der Waals surface area contributed by atoms with E-state index in [2.05, 4.69) is 17.6 Å². The summed E-state index contributed by atoms with van der Waals surface area (Å²) in [4.78, 5) is 12.5. The number of unbranched alkanes of at least 4 members (excludes halogenated alkanes) is 1. The third kappa shape index (κ3) is 3.87. The molecule has 4 rings (SSSR count). The first-order valence-electron chi connectivity index (χ1n) is 10.4. The fraction of sp³-hybridized carbons (Fsp3) is 0.280. The van der Waals surface area contributed by atoms with Crippen LogP contribution in [0.2, 0.25) is 0 Å². The first-order chi connectivity index (χ1) is 15.0. The standard InChI is InChI=1S/C25H25N3O3/c1-3-4-5-20-24(19-9-6-17(13-26)7-10-19)23(25(27)29)16(2)28(20)14-18-8-11-21-22(12-18)31-15-30-21/h6-12H,3-5,14-15H2,1-2H3,(H2,27,29). The molecule has 0 atom stereocenters. The molecule has 6 heteroatoms. The van der Waals surface area contributed by atoms with Gasteiger partial charge in [0.15, 0.2) is 11.5 Å². The molecule has 2 aromatic carbocycles. The van der Waals surface area contributed by atoms with Crippen LogP contribution in [0.4, 0.5) is 0 Å². The van der Waals surface area contributed by atoms with Crippen molar-refractivity contribution in [2.24, 2.45) is 5.73 Å². The normalized spacial score (nSPS) is 12.0. The predicted octanol–water partition coefficient (Wildman–Crippen LogP) is 4.55. The van der Waals surface area contributed by atoms with E-state index in [9.17, 15) is 4.79 Å². The van der Waals surface area contributed by atoms with Crippen LogP contribution in [0.5, 0.6) is 11.5 Å².